The van der Waals surface area contributed by atoms with Gasteiger partial charge in [-0.2, -0.15) is 5.10 Å². The van der Waals surface area contributed by atoms with E-state index < -0.39 is 0 Å². The van der Waals surface area contributed by atoms with Crippen LogP contribution in [0, 0.1) is 25.7 Å². The van der Waals surface area contributed by atoms with Crippen molar-refractivity contribution < 1.29 is 4.79 Å². The van der Waals surface area contributed by atoms with Gasteiger partial charge in [-0.05, 0) is 38.1 Å². The lowest BCUT2D eigenvalue weighted by atomic mass is 10.2. The fourth-order valence-corrected chi connectivity index (χ4v) is 2.70. The zero-order chi connectivity index (χ0) is 20.8. The number of amides is 2. The fourth-order valence-electron chi connectivity index (χ4n) is 2.70. The van der Waals surface area contributed by atoms with E-state index in [-0.39, 0.29) is 17.7 Å². The Hall–Kier alpha value is -4.06. The molecule has 2 heterocycles. The number of hydrogen-bond donors (Lipinski definition) is 4. The van der Waals surface area contributed by atoms with E-state index >= 15 is 0 Å². The summed E-state index contributed by atoms with van der Waals surface area (Å²) < 4.78 is 1.86. The molecule has 3 aromatic rings. The van der Waals surface area contributed by atoms with Gasteiger partial charge in [-0.25, -0.2) is 14.8 Å². The summed E-state index contributed by atoms with van der Waals surface area (Å²) >= 11 is 0. The Balaban J connectivity index is 1.59. The van der Waals surface area contributed by atoms with E-state index in [2.05, 4.69) is 37.5 Å². The number of carbonyl (C=O) groups is 1. The molecule has 0 saturated carbocycles. The Bertz CT molecular complexity index is 1070. The number of urea groups is 1. The minimum absolute atomic E-state index is 0.223. The molecule has 148 valence electrons. The van der Waals surface area contributed by atoms with Crippen molar-refractivity contribution in [2.45, 2.75) is 20.4 Å². The Morgan fingerprint density at radius 2 is 1.90 bits per heavy atom. The number of hydrogen-bond acceptors (Lipinski definition) is 6. The van der Waals surface area contributed by atoms with Crippen molar-refractivity contribution >= 4 is 23.4 Å². The molecule has 0 atom stereocenters. The number of nitrogens with zero attached hydrogens (tertiary/aromatic N) is 4. The standard InChI is InChI=1S/C20H22N8O/c1-13-10-14(2)28(27-13)9-8-23-20(29)26-16-5-3-4-15(11-16)6-7-17-18(21)24-12-25-19(17)22/h3-5,10-12H,8-9H2,1-2H3,(H2,23,26,29)(H4,21,22,24,25). The highest BCUT2D eigenvalue weighted by Gasteiger charge is 2.05. The average molecular weight is 390 g/mol. The van der Waals surface area contributed by atoms with E-state index in [1.54, 1.807) is 18.2 Å². The monoisotopic (exact) mass is 390 g/mol. The molecular formula is C20H22N8O. The second-order valence-electron chi connectivity index (χ2n) is 6.38. The predicted molar refractivity (Wildman–Crippen MR) is 112 cm³/mol. The van der Waals surface area contributed by atoms with Crippen LogP contribution in [0.2, 0.25) is 0 Å². The van der Waals surface area contributed by atoms with Crippen LogP contribution in [-0.2, 0) is 6.54 Å². The number of aryl methyl sites for hydroxylation is 2. The number of anilines is 3. The minimum atomic E-state index is -0.304. The van der Waals surface area contributed by atoms with Gasteiger partial charge in [0.2, 0.25) is 0 Å². The zero-order valence-electron chi connectivity index (χ0n) is 16.2. The number of carbonyl (C=O) groups excluding carboxylic acids is 1. The molecule has 2 amide bonds. The summed E-state index contributed by atoms with van der Waals surface area (Å²) in [6.45, 7) is 4.98. The van der Waals surface area contributed by atoms with Gasteiger partial charge in [0.1, 0.15) is 23.5 Å². The fraction of sp³-hybridized carbons (Fsp3) is 0.200. The molecule has 0 bridgehead atoms. The molecule has 6 N–H and O–H groups in total. The second-order valence-corrected chi connectivity index (χ2v) is 6.38. The molecule has 9 heteroatoms. The summed E-state index contributed by atoms with van der Waals surface area (Å²) in [6.07, 6.45) is 1.29. The van der Waals surface area contributed by atoms with E-state index in [4.69, 9.17) is 11.5 Å². The minimum Gasteiger partial charge on any atom is -0.382 e. The lowest BCUT2D eigenvalue weighted by Gasteiger charge is -2.09. The molecule has 0 aliphatic heterocycles. The molecule has 9 nitrogen and oxygen atoms in total. The molecule has 0 spiro atoms. The number of benzene rings is 1. The summed E-state index contributed by atoms with van der Waals surface area (Å²) in [7, 11) is 0. The molecule has 29 heavy (non-hydrogen) atoms. The van der Waals surface area contributed by atoms with Gasteiger partial charge < -0.3 is 22.1 Å². The highest BCUT2D eigenvalue weighted by Crippen LogP contribution is 2.13. The quantitative estimate of drug-likeness (QED) is 0.500. The molecule has 0 aliphatic rings. The van der Waals surface area contributed by atoms with Crippen molar-refractivity contribution in [3.63, 3.8) is 0 Å². The van der Waals surface area contributed by atoms with Crippen molar-refractivity contribution in [2.75, 3.05) is 23.3 Å². The first-order chi connectivity index (χ1) is 13.9. The van der Waals surface area contributed by atoms with Gasteiger partial charge in [-0.15, -0.1) is 0 Å². The number of nitrogens with one attached hydrogen (secondary N) is 2. The van der Waals surface area contributed by atoms with E-state index in [1.807, 2.05) is 30.7 Å². The summed E-state index contributed by atoms with van der Waals surface area (Å²) in [5.74, 6) is 6.28. The number of aromatic nitrogens is 4. The van der Waals surface area contributed by atoms with Crippen LogP contribution in [0.25, 0.3) is 0 Å². The summed E-state index contributed by atoms with van der Waals surface area (Å²) in [4.78, 5) is 19.9. The molecule has 0 fully saturated rings. The number of nitrogen functional groups attached to an aromatic ring is 2. The van der Waals surface area contributed by atoms with Gasteiger partial charge in [0.05, 0.1) is 12.2 Å². The maximum absolute atomic E-state index is 12.1. The van der Waals surface area contributed by atoms with Crippen LogP contribution in [0.1, 0.15) is 22.5 Å². The second kappa shape index (κ2) is 8.75. The molecular weight excluding hydrogens is 368 g/mol. The predicted octanol–water partition coefficient (Wildman–Crippen LogP) is 1.68. The Labute approximate surface area is 168 Å². The highest BCUT2D eigenvalue weighted by molar-refractivity contribution is 5.89. The molecule has 0 saturated heterocycles. The molecule has 0 aliphatic carbocycles. The first-order valence-corrected chi connectivity index (χ1v) is 8.96. The summed E-state index contributed by atoms with van der Waals surface area (Å²) in [6, 6.07) is 8.83. The topological polar surface area (TPSA) is 137 Å². The SMILES string of the molecule is Cc1cc(C)n(CCNC(=O)Nc2cccc(C#Cc3c(N)ncnc3N)c2)n1. The lowest BCUT2D eigenvalue weighted by molar-refractivity contribution is 0.251. The van der Waals surface area contributed by atoms with Gasteiger partial charge in [-0.1, -0.05) is 17.9 Å². The Morgan fingerprint density at radius 1 is 1.14 bits per heavy atom. The molecule has 3 rings (SSSR count). The molecule has 1 aromatic carbocycles. The Kier molecular flexibility index (Phi) is 5.94. The van der Waals surface area contributed by atoms with Gasteiger partial charge in [0.15, 0.2) is 0 Å². The van der Waals surface area contributed by atoms with Crippen LogP contribution in [0.3, 0.4) is 0 Å². The average Bonchev–Trinajstić information content (AvgIpc) is 2.99. The summed E-state index contributed by atoms with van der Waals surface area (Å²) in [5.41, 5.74) is 15.2. The number of nitrogens with two attached hydrogens (primary N) is 2. The smallest absolute Gasteiger partial charge is 0.319 e. The van der Waals surface area contributed by atoms with Crippen LogP contribution >= 0.6 is 0 Å². The maximum atomic E-state index is 12.1. The summed E-state index contributed by atoms with van der Waals surface area (Å²) in [5, 5.41) is 9.96. The van der Waals surface area contributed by atoms with Gasteiger partial charge in [-0.3, -0.25) is 4.68 Å². The van der Waals surface area contributed by atoms with Crippen LogP contribution in [0.15, 0.2) is 36.7 Å². The van der Waals surface area contributed by atoms with E-state index in [1.165, 1.54) is 6.33 Å². The first kappa shape index (κ1) is 19.7. The van der Waals surface area contributed by atoms with Crippen molar-refractivity contribution in [3.8, 4) is 11.8 Å². The zero-order valence-corrected chi connectivity index (χ0v) is 16.2. The van der Waals surface area contributed by atoms with Crippen molar-refractivity contribution in [2.24, 2.45) is 0 Å². The van der Waals surface area contributed by atoms with Crippen LogP contribution in [0.5, 0.6) is 0 Å². The van der Waals surface area contributed by atoms with Gasteiger partial charge in [0.25, 0.3) is 0 Å². The third kappa shape index (κ3) is 5.23. The largest absolute Gasteiger partial charge is 0.382 e. The van der Waals surface area contributed by atoms with Gasteiger partial charge >= 0.3 is 6.03 Å². The van der Waals surface area contributed by atoms with Crippen molar-refractivity contribution in [3.05, 3.63) is 59.2 Å². The molecule has 2 aromatic heterocycles. The van der Waals surface area contributed by atoms with E-state index in [0.717, 1.165) is 11.4 Å². The highest BCUT2D eigenvalue weighted by atomic mass is 16.2. The van der Waals surface area contributed by atoms with E-state index in [9.17, 15) is 4.79 Å². The van der Waals surface area contributed by atoms with Crippen molar-refractivity contribution in [1.82, 2.24) is 25.1 Å². The van der Waals surface area contributed by atoms with Crippen LogP contribution in [0.4, 0.5) is 22.1 Å². The van der Waals surface area contributed by atoms with Crippen LogP contribution in [-0.4, -0.2) is 32.3 Å². The molecule has 0 radical (unpaired) electrons. The van der Waals surface area contributed by atoms with Crippen LogP contribution < -0.4 is 22.1 Å². The third-order valence-corrected chi connectivity index (χ3v) is 4.07. The van der Waals surface area contributed by atoms with Crippen molar-refractivity contribution in [1.29, 1.82) is 0 Å². The van der Waals surface area contributed by atoms with Gasteiger partial charge in [0, 0.05) is 23.5 Å². The molecule has 0 unspecified atom stereocenters. The first-order valence-electron chi connectivity index (χ1n) is 8.96. The Morgan fingerprint density at radius 3 is 2.59 bits per heavy atom. The number of rotatable bonds is 4. The third-order valence-electron chi connectivity index (χ3n) is 4.07. The lowest BCUT2D eigenvalue weighted by Crippen LogP contribution is -2.31. The van der Waals surface area contributed by atoms with E-state index in [0.29, 0.717) is 29.9 Å². The maximum Gasteiger partial charge on any atom is 0.319 e. The normalized spacial score (nSPS) is 10.1.